The van der Waals surface area contributed by atoms with Crippen LogP contribution in [0, 0.1) is 34.9 Å². The van der Waals surface area contributed by atoms with Crippen molar-refractivity contribution >= 4 is 35.2 Å². The highest BCUT2D eigenvalue weighted by Gasteiger charge is 2.69. The Morgan fingerprint density at radius 2 is 1.81 bits per heavy atom. The van der Waals surface area contributed by atoms with Gasteiger partial charge in [-0.3, -0.25) is 24.0 Å². The van der Waals surface area contributed by atoms with Crippen LogP contribution < -0.4 is 26.4 Å². The number of halogens is 3. The van der Waals surface area contributed by atoms with Gasteiger partial charge in [0, 0.05) is 37.8 Å². The number of amides is 5. The number of ether oxygens (including phenoxy) is 1. The Morgan fingerprint density at radius 3 is 2.42 bits per heavy atom. The molecule has 234 valence electrons. The fourth-order valence-electron chi connectivity index (χ4n) is 6.62. The van der Waals surface area contributed by atoms with Crippen LogP contribution in [0.25, 0.3) is 0 Å². The molecule has 14 heteroatoms. The monoisotopic (exact) mass is 607 g/mol. The van der Waals surface area contributed by atoms with Crippen LogP contribution in [0.2, 0.25) is 0 Å². The minimum absolute atomic E-state index is 0.0163. The number of nitrogens with zero attached hydrogens (tertiary/aromatic N) is 1. The lowest BCUT2D eigenvalue weighted by Crippen LogP contribution is -2.60. The molecule has 5 amide bonds. The first kappa shape index (κ1) is 30.6. The third kappa shape index (κ3) is 5.75. The number of primary amides is 1. The van der Waals surface area contributed by atoms with E-state index in [0.717, 1.165) is 12.1 Å². The quantitative estimate of drug-likeness (QED) is 0.333. The van der Waals surface area contributed by atoms with Gasteiger partial charge in [-0.05, 0) is 35.3 Å². The van der Waals surface area contributed by atoms with Crippen molar-refractivity contribution in [3.8, 4) is 5.75 Å². The topological polar surface area (TPSA) is 160 Å². The lowest BCUT2D eigenvalue weighted by Gasteiger charge is -2.37. The van der Waals surface area contributed by atoms with E-state index in [0.29, 0.717) is 0 Å². The van der Waals surface area contributed by atoms with E-state index in [1.165, 1.54) is 11.0 Å². The number of nitrogens with one attached hydrogen (secondary N) is 3. The minimum atomic E-state index is -2.90. The number of hydrogen-bond acceptors (Lipinski definition) is 6. The highest BCUT2D eigenvalue weighted by Crippen LogP contribution is 2.65. The number of benzene rings is 1. The Morgan fingerprint density at radius 1 is 1.14 bits per heavy atom. The van der Waals surface area contributed by atoms with Gasteiger partial charge in [-0.1, -0.05) is 27.7 Å². The SMILES string of the molecule is CC(C)[C@H](NC(=O)C1CC(F)(F)C1)C(=O)N1C[C@H]2[C@@H]([C@H]1C(=O)N[C@@H](C[C@@H]1Oc3ccc(F)cc3NC1=O)C(N)=O)C2(C)C. The maximum absolute atomic E-state index is 13.8. The van der Waals surface area contributed by atoms with Crippen molar-refractivity contribution in [3.63, 3.8) is 0 Å². The van der Waals surface area contributed by atoms with E-state index >= 15 is 0 Å². The molecule has 5 N–H and O–H groups in total. The molecule has 1 saturated heterocycles. The molecular formula is C29H36F3N5O6. The van der Waals surface area contributed by atoms with Crippen molar-refractivity contribution < 1.29 is 41.9 Å². The number of alkyl halides is 2. The van der Waals surface area contributed by atoms with Gasteiger partial charge in [0.2, 0.25) is 29.6 Å². The summed E-state index contributed by atoms with van der Waals surface area (Å²) in [5.74, 6) is -8.23. The van der Waals surface area contributed by atoms with Crippen LogP contribution >= 0.6 is 0 Å². The summed E-state index contributed by atoms with van der Waals surface area (Å²) in [5.41, 5.74) is 5.44. The molecule has 0 unspecified atom stereocenters. The number of piperidine rings is 1. The Balaban J connectivity index is 1.30. The maximum atomic E-state index is 13.8. The third-order valence-corrected chi connectivity index (χ3v) is 9.32. The van der Waals surface area contributed by atoms with Crippen LogP contribution in [0.15, 0.2) is 18.2 Å². The van der Waals surface area contributed by atoms with Gasteiger partial charge < -0.3 is 31.3 Å². The van der Waals surface area contributed by atoms with Gasteiger partial charge in [0.15, 0.2) is 6.10 Å². The third-order valence-electron chi connectivity index (χ3n) is 9.32. The molecule has 0 aromatic heterocycles. The lowest BCUT2D eigenvalue weighted by molar-refractivity contribution is -0.154. The molecule has 2 heterocycles. The van der Waals surface area contributed by atoms with Gasteiger partial charge in [-0.15, -0.1) is 0 Å². The van der Waals surface area contributed by atoms with Crippen LogP contribution in [0.4, 0.5) is 18.9 Å². The van der Waals surface area contributed by atoms with Crippen molar-refractivity contribution in [3.05, 3.63) is 24.0 Å². The predicted molar refractivity (Wildman–Crippen MR) is 146 cm³/mol. The zero-order valence-electron chi connectivity index (χ0n) is 24.3. The summed E-state index contributed by atoms with van der Waals surface area (Å²) in [4.78, 5) is 66.6. The number of rotatable bonds is 9. The lowest BCUT2D eigenvalue weighted by atomic mass is 9.80. The fraction of sp³-hybridized carbons (Fsp3) is 0.621. The number of carbonyl (C=O) groups is 5. The van der Waals surface area contributed by atoms with Crippen molar-refractivity contribution in [2.24, 2.45) is 34.8 Å². The predicted octanol–water partition coefficient (Wildman–Crippen LogP) is 1.55. The standard InChI is InChI=1S/C29H36F3N5O6/c1-12(2)21(36-24(39)13-9-29(31,32)10-13)27(42)37-11-15-20(28(15,3)4)22(37)26(41)35-17(23(33)38)8-19-25(40)34-16-7-14(30)5-6-18(16)43-19/h5-7,12-13,15,17,19-22H,8-11H2,1-4H3,(H2,33,38)(H,34,40)(H,35,41)(H,36,39)/t15-,17-,19-,20-,21-,22-/m0/s1. The summed E-state index contributed by atoms with van der Waals surface area (Å²) in [5, 5.41) is 7.73. The van der Waals surface area contributed by atoms with Crippen LogP contribution in [0.5, 0.6) is 5.75 Å². The van der Waals surface area contributed by atoms with Gasteiger partial charge in [-0.2, -0.15) is 0 Å². The first-order valence-electron chi connectivity index (χ1n) is 14.4. The second-order valence-electron chi connectivity index (χ2n) is 13.0. The number of carbonyl (C=O) groups excluding carboxylic acids is 5. The van der Waals surface area contributed by atoms with E-state index in [1.807, 2.05) is 13.8 Å². The molecule has 2 aliphatic carbocycles. The Hall–Kier alpha value is -3.84. The van der Waals surface area contributed by atoms with Gasteiger partial charge in [-0.25, -0.2) is 13.2 Å². The zero-order chi connectivity index (χ0) is 31.6. The summed E-state index contributed by atoms with van der Waals surface area (Å²) >= 11 is 0. The van der Waals surface area contributed by atoms with E-state index in [1.54, 1.807) is 13.8 Å². The number of anilines is 1. The van der Waals surface area contributed by atoms with Crippen molar-refractivity contribution in [1.29, 1.82) is 0 Å². The second-order valence-corrected chi connectivity index (χ2v) is 13.0. The van der Waals surface area contributed by atoms with Gasteiger partial charge in [0.25, 0.3) is 5.91 Å². The first-order chi connectivity index (χ1) is 20.0. The van der Waals surface area contributed by atoms with E-state index < -0.39 is 90.2 Å². The molecule has 6 atom stereocenters. The van der Waals surface area contributed by atoms with Crippen LogP contribution in [0.1, 0.15) is 47.0 Å². The molecule has 2 aliphatic heterocycles. The molecule has 1 aromatic carbocycles. The van der Waals surface area contributed by atoms with E-state index in [-0.39, 0.29) is 41.7 Å². The largest absolute Gasteiger partial charge is 0.478 e. The van der Waals surface area contributed by atoms with Crippen LogP contribution in [-0.4, -0.2) is 71.1 Å². The molecule has 2 saturated carbocycles. The summed E-state index contributed by atoms with van der Waals surface area (Å²) in [6, 6.07) is 0.175. The summed E-state index contributed by atoms with van der Waals surface area (Å²) < 4.78 is 45.9. The average Bonchev–Trinajstić information content (AvgIpc) is 3.21. The highest BCUT2D eigenvalue weighted by atomic mass is 19.3. The van der Waals surface area contributed by atoms with Crippen LogP contribution in [0.3, 0.4) is 0 Å². The van der Waals surface area contributed by atoms with E-state index in [4.69, 9.17) is 10.5 Å². The average molecular weight is 608 g/mol. The van der Waals surface area contributed by atoms with Gasteiger partial charge in [0.1, 0.15) is 29.7 Å². The smallest absolute Gasteiger partial charge is 0.265 e. The maximum Gasteiger partial charge on any atom is 0.265 e. The minimum Gasteiger partial charge on any atom is -0.478 e. The summed E-state index contributed by atoms with van der Waals surface area (Å²) in [6.45, 7) is 7.58. The zero-order valence-corrected chi connectivity index (χ0v) is 24.3. The number of fused-ring (bicyclic) bond motifs is 2. The van der Waals surface area contributed by atoms with E-state index in [2.05, 4.69) is 16.0 Å². The second kappa shape index (κ2) is 10.7. The molecule has 5 rings (SSSR count). The van der Waals surface area contributed by atoms with Gasteiger partial charge >= 0.3 is 0 Å². The first-order valence-corrected chi connectivity index (χ1v) is 14.4. The summed E-state index contributed by atoms with van der Waals surface area (Å²) in [7, 11) is 0. The molecule has 0 radical (unpaired) electrons. The van der Waals surface area contributed by atoms with Crippen molar-refractivity contribution in [2.75, 3.05) is 11.9 Å². The Kier molecular flexibility index (Phi) is 7.62. The molecular weight excluding hydrogens is 571 g/mol. The molecule has 11 nitrogen and oxygen atoms in total. The Labute approximate surface area is 246 Å². The summed E-state index contributed by atoms with van der Waals surface area (Å²) in [6.07, 6.45) is -2.70. The highest BCUT2D eigenvalue weighted by molar-refractivity contribution is 5.99. The number of likely N-dealkylation sites (tertiary alicyclic amines) is 1. The normalized spacial score (nSPS) is 27.9. The molecule has 4 aliphatic rings. The van der Waals surface area contributed by atoms with Crippen molar-refractivity contribution in [2.45, 2.75) is 77.1 Å². The van der Waals surface area contributed by atoms with E-state index in [9.17, 15) is 37.1 Å². The number of hydrogen-bond donors (Lipinski definition) is 4. The van der Waals surface area contributed by atoms with Crippen LogP contribution in [-0.2, 0) is 24.0 Å². The van der Waals surface area contributed by atoms with Crippen molar-refractivity contribution in [1.82, 2.24) is 15.5 Å². The molecule has 3 fully saturated rings. The molecule has 0 bridgehead atoms. The van der Waals surface area contributed by atoms with Gasteiger partial charge in [0.05, 0.1) is 5.69 Å². The fourth-order valence-corrected chi connectivity index (χ4v) is 6.62. The Bertz CT molecular complexity index is 1360. The molecule has 0 spiro atoms. The molecule has 1 aromatic rings. The molecule has 43 heavy (non-hydrogen) atoms. The number of nitrogens with two attached hydrogens (primary N) is 1.